The van der Waals surface area contributed by atoms with Crippen molar-refractivity contribution in [3.8, 4) is 0 Å². The third-order valence-electron chi connectivity index (χ3n) is 6.53. The fourth-order valence-corrected chi connectivity index (χ4v) is 5.93. The van der Waals surface area contributed by atoms with E-state index in [2.05, 4.69) is 5.32 Å². The molecule has 1 fully saturated rings. The van der Waals surface area contributed by atoms with Gasteiger partial charge in [0.1, 0.15) is 18.4 Å². The largest absolute Gasteiger partial charge is 0.352 e. The molecule has 0 saturated heterocycles. The molecule has 0 bridgehead atoms. The number of amides is 2. The zero-order valence-electron chi connectivity index (χ0n) is 20.9. The lowest BCUT2D eigenvalue weighted by atomic mass is 9.95. The van der Waals surface area contributed by atoms with Gasteiger partial charge in [0.25, 0.3) is 0 Å². The fourth-order valence-electron chi connectivity index (χ4n) is 4.57. The molecule has 3 rings (SSSR count). The molecule has 0 aliphatic heterocycles. The van der Waals surface area contributed by atoms with Crippen LogP contribution in [0.1, 0.15) is 51.0 Å². The Morgan fingerprint density at radius 3 is 2.24 bits per heavy atom. The Morgan fingerprint density at radius 2 is 1.68 bits per heavy atom. The third kappa shape index (κ3) is 7.58. The molecular weight excluding hydrogens is 540 g/mol. The number of sulfonamides is 1. The minimum atomic E-state index is -4.04. The van der Waals surface area contributed by atoms with Gasteiger partial charge in [-0.2, -0.15) is 0 Å². The molecule has 11 heteroatoms. The number of nitrogens with zero attached hydrogens (tertiary/aromatic N) is 2. The number of carbonyl (C=O) groups is 2. The van der Waals surface area contributed by atoms with Crippen molar-refractivity contribution in [3.05, 3.63) is 63.9 Å². The van der Waals surface area contributed by atoms with Crippen LogP contribution in [0.4, 0.5) is 10.1 Å². The predicted molar refractivity (Wildman–Crippen MR) is 145 cm³/mol. The number of anilines is 1. The van der Waals surface area contributed by atoms with Crippen molar-refractivity contribution in [3.63, 3.8) is 0 Å². The molecule has 0 unspecified atom stereocenters. The lowest BCUT2D eigenvalue weighted by Gasteiger charge is -2.34. The summed E-state index contributed by atoms with van der Waals surface area (Å²) in [5.74, 6) is -1.80. The van der Waals surface area contributed by atoms with Crippen molar-refractivity contribution in [1.29, 1.82) is 0 Å². The molecule has 1 aliphatic rings. The van der Waals surface area contributed by atoms with Crippen LogP contribution in [-0.2, 0) is 26.2 Å². The van der Waals surface area contributed by atoms with E-state index in [0.29, 0.717) is 19.9 Å². The molecule has 1 atom stereocenters. The van der Waals surface area contributed by atoms with Crippen LogP contribution in [0.5, 0.6) is 0 Å². The van der Waals surface area contributed by atoms with Crippen LogP contribution in [0.15, 0.2) is 42.5 Å². The molecule has 0 radical (unpaired) electrons. The van der Waals surface area contributed by atoms with Gasteiger partial charge in [0, 0.05) is 28.2 Å². The first kappa shape index (κ1) is 29.2. The van der Waals surface area contributed by atoms with Crippen molar-refractivity contribution in [2.45, 2.75) is 64.1 Å². The van der Waals surface area contributed by atoms with Gasteiger partial charge < -0.3 is 10.2 Å². The number of rotatable bonds is 10. The second-order valence-electron chi connectivity index (χ2n) is 9.21. The Labute approximate surface area is 228 Å². The highest BCUT2D eigenvalue weighted by molar-refractivity contribution is 7.92. The summed E-state index contributed by atoms with van der Waals surface area (Å²) in [6.07, 6.45) is 6.05. The maximum absolute atomic E-state index is 14.6. The number of carbonyl (C=O) groups excluding carboxylic acids is 2. The van der Waals surface area contributed by atoms with Crippen molar-refractivity contribution in [1.82, 2.24) is 10.2 Å². The number of nitrogens with one attached hydrogen (secondary N) is 1. The van der Waals surface area contributed by atoms with E-state index >= 15 is 0 Å². The number of para-hydroxylation sites is 1. The summed E-state index contributed by atoms with van der Waals surface area (Å²) in [5.41, 5.74) is 0.175. The van der Waals surface area contributed by atoms with Crippen molar-refractivity contribution >= 4 is 50.7 Å². The molecule has 2 aromatic rings. The first-order valence-corrected chi connectivity index (χ1v) is 14.9. The van der Waals surface area contributed by atoms with Gasteiger partial charge in [-0.3, -0.25) is 13.9 Å². The van der Waals surface area contributed by atoms with Crippen LogP contribution in [0.2, 0.25) is 10.0 Å². The van der Waals surface area contributed by atoms with E-state index < -0.39 is 34.3 Å². The average Bonchev–Trinajstić information content (AvgIpc) is 2.84. The average molecular weight is 573 g/mol. The third-order valence-corrected chi connectivity index (χ3v) is 8.36. The summed E-state index contributed by atoms with van der Waals surface area (Å²) in [6.45, 7) is 0.947. The van der Waals surface area contributed by atoms with E-state index in [1.165, 1.54) is 23.1 Å². The van der Waals surface area contributed by atoms with Crippen LogP contribution in [-0.4, -0.2) is 50.0 Å². The van der Waals surface area contributed by atoms with Crippen molar-refractivity contribution in [2.75, 3.05) is 17.1 Å². The molecule has 2 aromatic carbocycles. The highest BCUT2D eigenvalue weighted by atomic mass is 35.5. The molecule has 0 heterocycles. The first-order valence-electron chi connectivity index (χ1n) is 12.3. The highest BCUT2D eigenvalue weighted by Gasteiger charge is 2.34. The number of hydrogen-bond donors (Lipinski definition) is 1. The standard InChI is InChI=1S/C26H32Cl2FN3O4S/c1-3-23(26(34)30-18-10-5-4-6-11-18)31(16-19-20(27)12-9-13-21(19)28)25(33)17-32(37(2,35)36)24-15-8-7-14-22(24)29/h7-9,12-15,18,23H,3-6,10-11,16-17H2,1-2H3,(H,30,34)/t23-/m0/s1. The summed E-state index contributed by atoms with van der Waals surface area (Å²) in [5, 5.41) is 3.67. The van der Waals surface area contributed by atoms with Crippen molar-refractivity contribution in [2.24, 2.45) is 0 Å². The molecule has 0 spiro atoms. The molecule has 37 heavy (non-hydrogen) atoms. The maximum Gasteiger partial charge on any atom is 0.244 e. The quantitative estimate of drug-likeness (QED) is 0.427. The highest BCUT2D eigenvalue weighted by Crippen LogP contribution is 2.28. The normalized spacial score (nSPS) is 15.2. The van der Waals surface area contributed by atoms with E-state index in [0.717, 1.165) is 44.4 Å². The van der Waals surface area contributed by atoms with Gasteiger partial charge in [-0.1, -0.05) is 67.6 Å². The number of halogens is 3. The Balaban J connectivity index is 1.97. The van der Waals surface area contributed by atoms with Crippen LogP contribution >= 0.6 is 23.2 Å². The Bertz CT molecular complexity index is 1200. The Hall–Kier alpha value is -2.36. The summed E-state index contributed by atoms with van der Waals surface area (Å²) >= 11 is 12.8. The molecule has 7 nitrogen and oxygen atoms in total. The molecule has 0 aromatic heterocycles. The van der Waals surface area contributed by atoms with E-state index in [9.17, 15) is 22.4 Å². The molecule has 2 amide bonds. The number of benzene rings is 2. The van der Waals surface area contributed by atoms with Gasteiger partial charge in [0.2, 0.25) is 21.8 Å². The summed E-state index contributed by atoms with van der Waals surface area (Å²) in [6, 6.07) is 9.32. The lowest BCUT2D eigenvalue weighted by molar-refractivity contribution is -0.140. The smallest absolute Gasteiger partial charge is 0.244 e. The van der Waals surface area contributed by atoms with E-state index in [1.807, 2.05) is 0 Å². The van der Waals surface area contributed by atoms with Crippen molar-refractivity contribution < 1.29 is 22.4 Å². The maximum atomic E-state index is 14.6. The minimum Gasteiger partial charge on any atom is -0.352 e. The minimum absolute atomic E-state index is 0.0158. The molecule has 1 saturated carbocycles. The molecule has 1 aliphatic carbocycles. The molecular formula is C26H32Cl2FN3O4S. The molecule has 202 valence electrons. The van der Waals surface area contributed by atoms with Crippen LogP contribution in [0.25, 0.3) is 0 Å². The van der Waals surface area contributed by atoms with E-state index in [-0.39, 0.29) is 30.6 Å². The van der Waals surface area contributed by atoms with Crippen LogP contribution in [0, 0.1) is 5.82 Å². The zero-order chi connectivity index (χ0) is 27.2. The molecule has 1 N–H and O–H groups in total. The zero-order valence-corrected chi connectivity index (χ0v) is 23.3. The second kappa shape index (κ2) is 12.9. The predicted octanol–water partition coefficient (Wildman–Crippen LogP) is 5.15. The monoisotopic (exact) mass is 571 g/mol. The Kier molecular flexibility index (Phi) is 10.2. The van der Waals surface area contributed by atoms with Gasteiger partial charge in [-0.05, 0) is 43.5 Å². The summed E-state index contributed by atoms with van der Waals surface area (Å²) < 4.78 is 40.5. The fraction of sp³-hybridized carbons (Fsp3) is 0.462. The summed E-state index contributed by atoms with van der Waals surface area (Å²) in [7, 11) is -4.04. The first-order chi connectivity index (χ1) is 17.5. The van der Waals surface area contributed by atoms with E-state index in [1.54, 1.807) is 25.1 Å². The topological polar surface area (TPSA) is 86.8 Å². The SMILES string of the molecule is CC[C@@H](C(=O)NC1CCCCC1)N(Cc1c(Cl)cccc1Cl)C(=O)CN(c1ccccc1F)S(C)(=O)=O. The Morgan fingerprint density at radius 1 is 1.05 bits per heavy atom. The van der Waals surface area contributed by atoms with Gasteiger partial charge in [0.05, 0.1) is 11.9 Å². The van der Waals surface area contributed by atoms with Gasteiger partial charge >= 0.3 is 0 Å². The van der Waals surface area contributed by atoms with Gasteiger partial charge in [-0.15, -0.1) is 0 Å². The summed E-state index contributed by atoms with van der Waals surface area (Å²) in [4.78, 5) is 28.4. The number of hydrogen-bond acceptors (Lipinski definition) is 4. The lowest BCUT2D eigenvalue weighted by Crippen LogP contribution is -2.54. The van der Waals surface area contributed by atoms with Crippen LogP contribution < -0.4 is 9.62 Å². The van der Waals surface area contributed by atoms with Gasteiger partial charge in [0.15, 0.2) is 0 Å². The second-order valence-corrected chi connectivity index (χ2v) is 11.9. The van der Waals surface area contributed by atoms with E-state index in [4.69, 9.17) is 23.2 Å². The van der Waals surface area contributed by atoms with Crippen LogP contribution in [0.3, 0.4) is 0 Å². The van der Waals surface area contributed by atoms with Gasteiger partial charge in [-0.25, -0.2) is 12.8 Å².